The van der Waals surface area contributed by atoms with Crippen LogP contribution in [0.4, 0.5) is 5.82 Å². The lowest BCUT2D eigenvalue weighted by molar-refractivity contribution is -0.0447. The second kappa shape index (κ2) is 4.85. The molecule has 3 atom stereocenters. The highest BCUT2D eigenvalue weighted by molar-refractivity contribution is 5.47. The van der Waals surface area contributed by atoms with E-state index in [4.69, 9.17) is 22.0 Å². The Morgan fingerprint density at radius 2 is 2.37 bits per heavy atom. The number of nitrogens with two attached hydrogens (primary N) is 1. The summed E-state index contributed by atoms with van der Waals surface area (Å²) in [5.41, 5.74) is 5.30. The summed E-state index contributed by atoms with van der Waals surface area (Å²) in [6, 6.07) is 0. The molecule has 19 heavy (non-hydrogen) atoms. The fourth-order valence-corrected chi connectivity index (χ4v) is 1.86. The molecule has 7 heteroatoms. The molecule has 7 nitrogen and oxygen atoms in total. The number of aliphatic hydroxyl groups excluding tert-OH is 2. The van der Waals surface area contributed by atoms with E-state index in [0.29, 0.717) is 0 Å². The number of rotatable bonds is 2. The summed E-state index contributed by atoms with van der Waals surface area (Å²) in [6.45, 7) is 3.26. The molecule has 0 aromatic carbocycles. The van der Waals surface area contributed by atoms with Crippen molar-refractivity contribution >= 4 is 5.82 Å². The smallest absolute Gasteiger partial charge is 0.351 e. The molecule has 2 heterocycles. The van der Waals surface area contributed by atoms with Gasteiger partial charge in [0.05, 0.1) is 12.2 Å². The van der Waals surface area contributed by atoms with E-state index in [2.05, 4.69) is 17.5 Å². The SMILES string of the molecule is C#Cc1cn([C@@H]2O[C@H](CO)[C@@H](O)C2=C)c(=O)nc1N. The van der Waals surface area contributed by atoms with Gasteiger partial charge in [-0.25, -0.2) is 4.79 Å². The van der Waals surface area contributed by atoms with E-state index in [-0.39, 0.29) is 17.0 Å². The summed E-state index contributed by atoms with van der Waals surface area (Å²) >= 11 is 0. The van der Waals surface area contributed by atoms with E-state index < -0.39 is 30.7 Å². The Balaban J connectivity index is 2.47. The number of hydrogen-bond acceptors (Lipinski definition) is 6. The van der Waals surface area contributed by atoms with Crippen molar-refractivity contribution in [3.8, 4) is 12.3 Å². The number of hydrogen-bond donors (Lipinski definition) is 3. The van der Waals surface area contributed by atoms with Gasteiger partial charge in [-0.3, -0.25) is 4.57 Å². The molecule has 0 unspecified atom stereocenters. The van der Waals surface area contributed by atoms with Crippen LogP contribution in [-0.2, 0) is 4.74 Å². The molecule has 1 fully saturated rings. The average Bonchev–Trinajstić information content (AvgIpc) is 2.67. The highest BCUT2D eigenvalue weighted by atomic mass is 16.5. The van der Waals surface area contributed by atoms with Crippen LogP contribution in [0, 0.1) is 12.3 Å². The second-order valence-electron chi connectivity index (χ2n) is 4.10. The summed E-state index contributed by atoms with van der Waals surface area (Å²) in [6.07, 6.45) is 3.73. The van der Waals surface area contributed by atoms with Crippen molar-refractivity contribution in [2.75, 3.05) is 12.3 Å². The molecular formula is C12H13N3O4. The van der Waals surface area contributed by atoms with Crippen LogP contribution in [0.2, 0.25) is 0 Å². The highest BCUT2D eigenvalue weighted by Gasteiger charge is 2.38. The average molecular weight is 263 g/mol. The topological polar surface area (TPSA) is 111 Å². The van der Waals surface area contributed by atoms with Gasteiger partial charge in [0, 0.05) is 11.8 Å². The zero-order valence-corrected chi connectivity index (χ0v) is 9.98. The van der Waals surface area contributed by atoms with Crippen LogP contribution < -0.4 is 11.4 Å². The third-order valence-electron chi connectivity index (χ3n) is 2.92. The molecule has 0 amide bonds. The third kappa shape index (κ3) is 2.13. The molecule has 1 saturated heterocycles. The molecule has 0 aliphatic carbocycles. The summed E-state index contributed by atoms with van der Waals surface area (Å²) < 4.78 is 6.45. The first kappa shape index (κ1) is 13.3. The Labute approximate surface area is 109 Å². The minimum Gasteiger partial charge on any atom is -0.394 e. The monoisotopic (exact) mass is 263 g/mol. The van der Waals surface area contributed by atoms with Crippen molar-refractivity contribution < 1.29 is 14.9 Å². The van der Waals surface area contributed by atoms with E-state index in [0.717, 1.165) is 4.57 Å². The molecule has 1 aliphatic rings. The molecule has 1 aromatic heterocycles. The van der Waals surface area contributed by atoms with Crippen molar-refractivity contribution in [1.29, 1.82) is 0 Å². The minimum atomic E-state index is -1.06. The van der Waals surface area contributed by atoms with Gasteiger partial charge in [-0.15, -0.1) is 6.42 Å². The first-order chi connectivity index (χ1) is 8.99. The summed E-state index contributed by atoms with van der Waals surface area (Å²) in [7, 11) is 0. The fourth-order valence-electron chi connectivity index (χ4n) is 1.86. The van der Waals surface area contributed by atoms with Gasteiger partial charge >= 0.3 is 5.69 Å². The molecule has 2 rings (SSSR count). The maximum absolute atomic E-state index is 11.8. The van der Waals surface area contributed by atoms with E-state index in [9.17, 15) is 9.90 Å². The van der Waals surface area contributed by atoms with Gasteiger partial charge in [0.1, 0.15) is 18.0 Å². The zero-order chi connectivity index (χ0) is 14.2. The lowest BCUT2D eigenvalue weighted by atomic mass is 10.1. The standard InChI is InChI=1S/C12H13N3O4/c1-3-7-4-15(12(18)14-10(7)13)11-6(2)9(17)8(5-16)19-11/h1,4,8-9,11,16-17H,2,5H2,(H2,13,14,18)/t8-,9+,11-/m1/s1. The summed E-state index contributed by atoms with van der Waals surface area (Å²) in [5.74, 6) is 2.24. The van der Waals surface area contributed by atoms with Gasteiger partial charge < -0.3 is 20.7 Å². The maximum atomic E-state index is 11.8. The number of aromatic nitrogens is 2. The highest BCUT2D eigenvalue weighted by Crippen LogP contribution is 2.32. The third-order valence-corrected chi connectivity index (χ3v) is 2.92. The number of nitrogens with zero attached hydrogens (tertiary/aromatic N) is 2. The largest absolute Gasteiger partial charge is 0.394 e. The van der Waals surface area contributed by atoms with Gasteiger partial charge in [0.25, 0.3) is 0 Å². The zero-order valence-electron chi connectivity index (χ0n) is 9.98. The Kier molecular flexibility index (Phi) is 3.40. The molecule has 0 saturated carbocycles. The molecule has 0 spiro atoms. The van der Waals surface area contributed by atoms with Crippen molar-refractivity contribution in [3.63, 3.8) is 0 Å². The molecule has 1 aromatic rings. The van der Waals surface area contributed by atoms with E-state index in [1.807, 2.05) is 0 Å². The van der Waals surface area contributed by atoms with Crippen LogP contribution in [-0.4, -0.2) is 38.6 Å². The Morgan fingerprint density at radius 1 is 1.68 bits per heavy atom. The maximum Gasteiger partial charge on any atom is 0.351 e. The second-order valence-corrected chi connectivity index (χ2v) is 4.10. The number of aliphatic hydroxyl groups is 2. The Hall–Kier alpha value is -2.14. The number of anilines is 1. The predicted molar refractivity (Wildman–Crippen MR) is 67.0 cm³/mol. The van der Waals surface area contributed by atoms with Crippen LogP contribution in [0.5, 0.6) is 0 Å². The van der Waals surface area contributed by atoms with Crippen molar-refractivity contribution in [2.45, 2.75) is 18.4 Å². The van der Waals surface area contributed by atoms with Crippen LogP contribution in [0.1, 0.15) is 11.8 Å². The van der Waals surface area contributed by atoms with Gasteiger partial charge in [0.15, 0.2) is 6.23 Å². The summed E-state index contributed by atoms with van der Waals surface area (Å²) in [4.78, 5) is 15.4. The van der Waals surface area contributed by atoms with Crippen LogP contribution in [0.15, 0.2) is 23.1 Å². The number of nitrogen functional groups attached to an aromatic ring is 1. The molecule has 1 aliphatic heterocycles. The lowest BCUT2D eigenvalue weighted by Crippen LogP contribution is -2.29. The van der Waals surface area contributed by atoms with Crippen molar-refractivity contribution in [1.82, 2.24) is 9.55 Å². The van der Waals surface area contributed by atoms with Crippen molar-refractivity contribution in [3.05, 3.63) is 34.4 Å². The van der Waals surface area contributed by atoms with Crippen LogP contribution in [0.3, 0.4) is 0 Å². The molecule has 100 valence electrons. The molecular weight excluding hydrogens is 250 g/mol. The summed E-state index contributed by atoms with van der Waals surface area (Å²) in [5, 5.41) is 18.8. The van der Waals surface area contributed by atoms with Gasteiger partial charge in [-0.2, -0.15) is 4.98 Å². The van der Waals surface area contributed by atoms with E-state index in [1.54, 1.807) is 0 Å². The molecule has 0 radical (unpaired) electrons. The Morgan fingerprint density at radius 3 is 2.89 bits per heavy atom. The normalized spacial score (nSPS) is 26.4. The quantitative estimate of drug-likeness (QED) is 0.448. The first-order valence-corrected chi connectivity index (χ1v) is 5.48. The van der Waals surface area contributed by atoms with Gasteiger partial charge in [0.2, 0.25) is 0 Å². The Bertz CT molecular complexity index is 616. The number of ether oxygens (including phenoxy) is 1. The fraction of sp³-hybridized carbons (Fsp3) is 0.333. The predicted octanol–water partition coefficient (Wildman–Crippen LogP) is -1.39. The molecule has 0 bridgehead atoms. The van der Waals surface area contributed by atoms with Crippen molar-refractivity contribution in [2.24, 2.45) is 0 Å². The lowest BCUT2D eigenvalue weighted by Gasteiger charge is -2.15. The van der Waals surface area contributed by atoms with Crippen LogP contribution >= 0.6 is 0 Å². The van der Waals surface area contributed by atoms with E-state index in [1.165, 1.54) is 6.20 Å². The number of terminal acetylenes is 1. The first-order valence-electron chi connectivity index (χ1n) is 5.48. The van der Waals surface area contributed by atoms with Gasteiger partial charge in [-0.1, -0.05) is 12.5 Å². The van der Waals surface area contributed by atoms with Gasteiger partial charge in [-0.05, 0) is 0 Å². The molecule has 4 N–H and O–H groups in total. The van der Waals surface area contributed by atoms with Crippen LogP contribution in [0.25, 0.3) is 0 Å². The minimum absolute atomic E-state index is 0.0494. The van der Waals surface area contributed by atoms with E-state index >= 15 is 0 Å².